The van der Waals surface area contributed by atoms with Crippen LogP contribution in [0.5, 0.6) is 17.2 Å². The van der Waals surface area contributed by atoms with Crippen LogP contribution in [0.1, 0.15) is 81.7 Å². The summed E-state index contributed by atoms with van der Waals surface area (Å²) in [5.41, 5.74) is -2.59. The van der Waals surface area contributed by atoms with E-state index in [9.17, 15) is 29.7 Å². The number of benzene rings is 2. The molecule has 3 aliphatic heterocycles. The molecule has 2 aromatic rings. The Morgan fingerprint density at radius 1 is 1.07 bits per heavy atom. The molecule has 0 aromatic heterocycles. The topological polar surface area (TPSA) is 152 Å². The first-order chi connectivity index (χ1) is 20.1. The van der Waals surface area contributed by atoms with Crippen molar-refractivity contribution in [2.45, 2.75) is 81.5 Å². The second-order valence-electron chi connectivity index (χ2n) is 12.3. The van der Waals surface area contributed by atoms with Gasteiger partial charge in [0.1, 0.15) is 29.1 Å². The van der Waals surface area contributed by atoms with Crippen LogP contribution in [0, 0.1) is 5.92 Å². The molecule has 2 aromatic carbocycles. The Bertz CT molecular complexity index is 1590. The molecule has 8 rings (SSSR count). The van der Waals surface area contributed by atoms with E-state index in [0.717, 1.165) is 19.4 Å². The van der Waals surface area contributed by atoms with Gasteiger partial charge < -0.3 is 34.3 Å². The zero-order valence-electron chi connectivity index (χ0n) is 23.2. The van der Waals surface area contributed by atoms with Crippen molar-refractivity contribution >= 4 is 17.3 Å². The first-order valence-corrected chi connectivity index (χ1v) is 14.5. The molecule has 6 unspecified atom stereocenters. The maximum absolute atomic E-state index is 13.8. The maximum atomic E-state index is 13.8. The third-order valence-corrected chi connectivity index (χ3v) is 10.2. The number of methoxy groups -OCH3 is 1. The molecule has 220 valence electrons. The van der Waals surface area contributed by atoms with Gasteiger partial charge in [0.2, 0.25) is 5.78 Å². The third kappa shape index (κ3) is 3.42. The first-order valence-electron chi connectivity index (χ1n) is 14.5. The Morgan fingerprint density at radius 3 is 2.60 bits per heavy atom. The number of phenols is 2. The maximum Gasteiger partial charge on any atom is 0.202 e. The minimum Gasteiger partial charge on any atom is -0.507 e. The summed E-state index contributed by atoms with van der Waals surface area (Å²) in [6, 6.07) is 4.74. The van der Waals surface area contributed by atoms with Gasteiger partial charge in [-0.1, -0.05) is 12.1 Å². The van der Waals surface area contributed by atoms with E-state index in [1.54, 1.807) is 12.1 Å². The van der Waals surface area contributed by atoms with E-state index < -0.39 is 46.8 Å². The number of carbonyl (C=O) groups is 3. The summed E-state index contributed by atoms with van der Waals surface area (Å²) in [4.78, 5) is 42.5. The van der Waals surface area contributed by atoms with Gasteiger partial charge in [-0.3, -0.25) is 19.3 Å². The fourth-order valence-corrected chi connectivity index (χ4v) is 8.03. The number of nitrogens with zero attached hydrogens (tertiary/aromatic N) is 1. The number of rotatable bonds is 4. The number of aromatic hydroxyl groups is 2. The SMILES string of the molecule is COc1cccc2c1C(=O)c1c(O)c3c(c(O)c1C2=O)C[C@@](O)(C(C)=O)C[C@@H]3OC1CC2C3C(O1)C3OC1CCCN12. The molecular formula is C31H31NO10. The van der Waals surface area contributed by atoms with E-state index in [1.165, 1.54) is 20.1 Å². The minimum atomic E-state index is -1.94. The number of ketones is 3. The Hall–Kier alpha value is -3.35. The van der Waals surface area contributed by atoms with Gasteiger partial charge in [-0.25, -0.2) is 0 Å². The fraction of sp³-hybridized carbons (Fsp3) is 0.516. The van der Waals surface area contributed by atoms with Crippen molar-refractivity contribution in [1.82, 2.24) is 4.90 Å². The van der Waals surface area contributed by atoms with Crippen LogP contribution in [0.25, 0.3) is 0 Å². The van der Waals surface area contributed by atoms with E-state index in [0.29, 0.717) is 6.42 Å². The van der Waals surface area contributed by atoms with Crippen molar-refractivity contribution in [3.63, 3.8) is 0 Å². The highest BCUT2D eigenvalue weighted by Gasteiger charge is 2.67. The van der Waals surface area contributed by atoms with Gasteiger partial charge in [-0.2, -0.15) is 0 Å². The lowest BCUT2D eigenvalue weighted by Crippen LogP contribution is -2.50. The first kappa shape index (κ1) is 26.3. The number of aliphatic hydroxyl groups is 1. The van der Waals surface area contributed by atoms with E-state index in [-0.39, 0.29) is 82.4 Å². The van der Waals surface area contributed by atoms with Gasteiger partial charge in [-0.05, 0) is 25.8 Å². The number of fused-ring (bicyclic) bond motifs is 6. The van der Waals surface area contributed by atoms with E-state index in [4.69, 9.17) is 18.9 Å². The molecule has 3 heterocycles. The van der Waals surface area contributed by atoms with Crippen molar-refractivity contribution in [3.8, 4) is 17.2 Å². The second-order valence-corrected chi connectivity index (χ2v) is 12.3. The normalized spacial score (nSPS) is 35.9. The molecule has 3 N–H and O–H groups in total. The van der Waals surface area contributed by atoms with Gasteiger partial charge in [0.25, 0.3) is 0 Å². The predicted octanol–water partition coefficient (Wildman–Crippen LogP) is 2.14. The average Bonchev–Trinajstić information content (AvgIpc) is 3.43. The highest BCUT2D eigenvalue weighted by Crippen LogP contribution is 2.56. The van der Waals surface area contributed by atoms with Gasteiger partial charge in [0.15, 0.2) is 17.9 Å². The molecule has 11 nitrogen and oxygen atoms in total. The molecule has 0 radical (unpaired) electrons. The number of Topliss-reactive ketones (excluding diaryl/α,β-unsaturated/α-hetero) is 1. The number of carbonyl (C=O) groups excluding carboxylic acids is 3. The molecule has 3 saturated heterocycles. The molecule has 8 atom stereocenters. The van der Waals surface area contributed by atoms with E-state index >= 15 is 0 Å². The van der Waals surface area contributed by atoms with Crippen LogP contribution >= 0.6 is 0 Å². The van der Waals surface area contributed by atoms with Crippen molar-refractivity contribution in [2.24, 2.45) is 5.92 Å². The van der Waals surface area contributed by atoms with E-state index in [2.05, 4.69) is 4.90 Å². The Morgan fingerprint density at radius 2 is 1.83 bits per heavy atom. The highest BCUT2D eigenvalue weighted by molar-refractivity contribution is 6.31. The zero-order chi connectivity index (χ0) is 29.2. The smallest absolute Gasteiger partial charge is 0.202 e. The van der Waals surface area contributed by atoms with Gasteiger partial charge in [0.05, 0.1) is 42.1 Å². The van der Waals surface area contributed by atoms with Gasteiger partial charge in [-0.15, -0.1) is 0 Å². The average molecular weight is 578 g/mol. The Kier molecular flexibility index (Phi) is 5.53. The Balaban J connectivity index is 1.22. The van der Waals surface area contributed by atoms with Crippen LogP contribution < -0.4 is 4.74 Å². The fourth-order valence-electron chi connectivity index (χ4n) is 8.03. The van der Waals surface area contributed by atoms with Gasteiger partial charge >= 0.3 is 0 Å². The molecule has 1 saturated carbocycles. The monoisotopic (exact) mass is 577 g/mol. The summed E-state index contributed by atoms with van der Waals surface area (Å²) >= 11 is 0. The predicted molar refractivity (Wildman–Crippen MR) is 143 cm³/mol. The van der Waals surface area contributed by atoms with Crippen molar-refractivity contribution in [1.29, 1.82) is 0 Å². The van der Waals surface area contributed by atoms with Crippen LogP contribution in [-0.4, -0.2) is 87.6 Å². The number of hydrogen-bond acceptors (Lipinski definition) is 11. The molecule has 0 bridgehead atoms. The molecule has 3 aliphatic carbocycles. The molecule has 42 heavy (non-hydrogen) atoms. The summed E-state index contributed by atoms with van der Waals surface area (Å²) in [5.74, 6) is -2.57. The molecular weight excluding hydrogens is 546 g/mol. The van der Waals surface area contributed by atoms with Crippen molar-refractivity contribution < 1.29 is 48.7 Å². The summed E-state index contributed by atoms with van der Waals surface area (Å²) in [6.45, 7) is 2.17. The third-order valence-electron chi connectivity index (χ3n) is 10.2. The summed E-state index contributed by atoms with van der Waals surface area (Å²) in [7, 11) is 1.37. The number of hydrogen-bond donors (Lipinski definition) is 3. The molecule has 4 fully saturated rings. The molecule has 0 amide bonds. The highest BCUT2D eigenvalue weighted by atomic mass is 16.7. The summed E-state index contributed by atoms with van der Waals surface area (Å²) < 4.78 is 24.3. The van der Waals surface area contributed by atoms with Gasteiger partial charge in [0, 0.05) is 54.5 Å². The van der Waals surface area contributed by atoms with Crippen LogP contribution in [0.2, 0.25) is 0 Å². The molecule has 11 heteroatoms. The summed E-state index contributed by atoms with van der Waals surface area (Å²) in [5, 5.41) is 34.6. The van der Waals surface area contributed by atoms with Crippen LogP contribution in [0.3, 0.4) is 0 Å². The number of phenolic OH excluding ortho intramolecular Hbond substituents is 2. The quantitative estimate of drug-likeness (QED) is 0.391. The number of ether oxygens (including phenoxy) is 4. The van der Waals surface area contributed by atoms with Crippen LogP contribution in [-0.2, 0) is 25.4 Å². The Labute approximate surface area is 240 Å². The largest absolute Gasteiger partial charge is 0.507 e. The standard InChI is InChI=1S/C31H31NO10/c1-12(33)31(38)10-14-21(17(11-31)40-19-9-15-22-29(30(22)42-19)41-18-7-4-8-32(15)18)28(37)24-23(26(14)35)25(34)13-5-3-6-16(39-2)20(13)27(24)36/h3,5-6,15,17-19,22,29-30,35,37-38H,4,7-11H2,1-2H3/t15?,17-,18?,19?,22?,29?,30?,31-/m0/s1. The van der Waals surface area contributed by atoms with Crippen molar-refractivity contribution in [2.75, 3.05) is 13.7 Å². The molecule has 6 aliphatic rings. The zero-order valence-corrected chi connectivity index (χ0v) is 23.2. The second kappa shape index (κ2) is 8.84. The summed E-state index contributed by atoms with van der Waals surface area (Å²) in [6.07, 6.45) is 0.0375. The lowest BCUT2D eigenvalue weighted by atomic mass is 9.72. The van der Waals surface area contributed by atoms with Crippen LogP contribution in [0.4, 0.5) is 0 Å². The van der Waals surface area contributed by atoms with E-state index in [1.807, 2.05) is 0 Å². The lowest BCUT2D eigenvalue weighted by Gasteiger charge is -2.42. The van der Waals surface area contributed by atoms with Crippen molar-refractivity contribution in [3.05, 3.63) is 51.6 Å². The minimum absolute atomic E-state index is 0.00102. The lowest BCUT2D eigenvalue weighted by molar-refractivity contribution is -0.218. The van der Waals surface area contributed by atoms with Crippen LogP contribution in [0.15, 0.2) is 18.2 Å². The molecule has 0 spiro atoms.